The molecule has 0 atom stereocenters. The number of sulfone groups is 1. The largest absolute Gasteiger partial charge is 0.484 e. The molecular weight excluding hydrogens is 278 g/mol. The minimum Gasteiger partial charge on any atom is -0.484 e. The van der Waals surface area contributed by atoms with Crippen molar-refractivity contribution in [3.8, 4) is 5.75 Å². The SMILES string of the molecule is CCS(=O)(=O)C1CN(C(=O)COc2ccccc2C)C1. The van der Waals surface area contributed by atoms with Crippen molar-refractivity contribution < 1.29 is 17.9 Å². The van der Waals surface area contributed by atoms with Gasteiger partial charge in [-0.15, -0.1) is 0 Å². The van der Waals surface area contributed by atoms with Gasteiger partial charge in [0.1, 0.15) is 5.75 Å². The van der Waals surface area contributed by atoms with Crippen molar-refractivity contribution >= 4 is 15.7 Å². The molecule has 2 rings (SSSR count). The predicted octanol–water partition coefficient (Wildman–Crippen LogP) is 1.02. The van der Waals surface area contributed by atoms with Gasteiger partial charge in [-0.2, -0.15) is 0 Å². The Hall–Kier alpha value is -1.56. The molecule has 6 heteroatoms. The Morgan fingerprint density at radius 2 is 2.00 bits per heavy atom. The molecule has 0 aliphatic carbocycles. The van der Waals surface area contributed by atoms with Crippen LogP contribution in [-0.4, -0.2) is 49.9 Å². The van der Waals surface area contributed by atoms with Crippen LogP contribution >= 0.6 is 0 Å². The summed E-state index contributed by atoms with van der Waals surface area (Å²) in [5, 5.41) is -0.407. The van der Waals surface area contributed by atoms with Crippen LogP contribution in [0.1, 0.15) is 12.5 Å². The second kappa shape index (κ2) is 5.83. The summed E-state index contributed by atoms with van der Waals surface area (Å²) in [6.45, 7) is 4.05. The summed E-state index contributed by atoms with van der Waals surface area (Å²) in [6.07, 6.45) is 0. The van der Waals surface area contributed by atoms with Gasteiger partial charge in [0.05, 0.1) is 5.25 Å². The van der Waals surface area contributed by atoms with Crippen molar-refractivity contribution in [2.75, 3.05) is 25.4 Å². The van der Waals surface area contributed by atoms with Crippen molar-refractivity contribution in [1.29, 1.82) is 0 Å². The fourth-order valence-corrected chi connectivity index (χ4v) is 3.34. The number of carbonyl (C=O) groups excluding carboxylic acids is 1. The summed E-state index contributed by atoms with van der Waals surface area (Å²) in [5.74, 6) is 0.634. The van der Waals surface area contributed by atoms with Gasteiger partial charge in [0.2, 0.25) is 0 Å². The Morgan fingerprint density at radius 3 is 2.60 bits per heavy atom. The molecule has 110 valence electrons. The van der Waals surface area contributed by atoms with Gasteiger partial charge in [-0.1, -0.05) is 25.1 Å². The molecule has 0 spiro atoms. The molecule has 0 aromatic heterocycles. The van der Waals surface area contributed by atoms with Gasteiger partial charge in [0.25, 0.3) is 5.91 Å². The number of nitrogens with zero attached hydrogens (tertiary/aromatic N) is 1. The number of para-hydroxylation sites is 1. The first kappa shape index (κ1) is 14.8. The van der Waals surface area contributed by atoms with E-state index in [1.807, 2.05) is 31.2 Å². The maximum absolute atomic E-state index is 11.9. The first-order valence-corrected chi connectivity index (χ1v) is 8.33. The average molecular weight is 297 g/mol. The van der Waals surface area contributed by atoms with Crippen LogP contribution in [-0.2, 0) is 14.6 Å². The molecule has 1 heterocycles. The van der Waals surface area contributed by atoms with E-state index < -0.39 is 15.1 Å². The third-order valence-electron chi connectivity index (χ3n) is 3.56. The topological polar surface area (TPSA) is 63.7 Å². The average Bonchev–Trinajstić information content (AvgIpc) is 2.35. The van der Waals surface area contributed by atoms with Gasteiger partial charge in [0, 0.05) is 18.8 Å². The number of likely N-dealkylation sites (tertiary alicyclic amines) is 1. The number of amides is 1. The second-order valence-electron chi connectivity index (χ2n) is 4.93. The first-order chi connectivity index (χ1) is 9.44. The molecule has 1 aliphatic rings. The van der Waals surface area contributed by atoms with Gasteiger partial charge in [-0.3, -0.25) is 4.79 Å². The highest BCUT2D eigenvalue weighted by Crippen LogP contribution is 2.19. The highest BCUT2D eigenvalue weighted by Gasteiger charge is 2.38. The van der Waals surface area contributed by atoms with Crippen molar-refractivity contribution in [2.45, 2.75) is 19.1 Å². The molecule has 1 amide bonds. The lowest BCUT2D eigenvalue weighted by molar-refractivity contribution is -0.136. The molecule has 1 saturated heterocycles. The van der Waals surface area contributed by atoms with Gasteiger partial charge in [-0.05, 0) is 18.6 Å². The standard InChI is InChI=1S/C14H19NO4S/c1-3-20(17,18)12-8-15(9-12)14(16)10-19-13-7-5-4-6-11(13)2/h4-7,12H,3,8-10H2,1-2H3. The third kappa shape index (κ3) is 3.12. The highest BCUT2D eigenvalue weighted by atomic mass is 32.2. The quantitative estimate of drug-likeness (QED) is 0.814. The predicted molar refractivity (Wildman–Crippen MR) is 76.5 cm³/mol. The molecule has 0 saturated carbocycles. The molecule has 20 heavy (non-hydrogen) atoms. The Balaban J connectivity index is 1.82. The van der Waals surface area contributed by atoms with Crippen LogP contribution in [0.3, 0.4) is 0 Å². The zero-order valence-electron chi connectivity index (χ0n) is 11.7. The van der Waals surface area contributed by atoms with Gasteiger partial charge >= 0.3 is 0 Å². The number of hydrogen-bond acceptors (Lipinski definition) is 4. The monoisotopic (exact) mass is 297 g/mol. The highest BCUT2D eigenvalue weighted by molar-refractivity contribution is 7.92. The second-order valence-corrected chi connectivity index (χ2v) is 7.50. The first-order valence-electron chi connectivity index (χ1n) is 6.62. The van der Waals surface area contributed by atoms with Gasteiger partial charge in [0.15, 0.2) is 16.4 Å². The van der Waals surface area contributed by atoms with E-state index in [0.29, 0.717) is 5.75 Å². The van der Waals surface area contributed by atoms with Crippen molar-refractivity contribution in [3.05, 3.63) is 29.8 Å². The third-order valence-corrected chi connectivity index (χ3v) is 5.67. The number of rotatable bonds is 5. The lowest BCUT2D eigenvalue weighted by Gasteiger charge is -2.38. The summed E-state index contributed by atoms with van der Waals surface area (Å²) in [4.78, 5) is 13.4. The number of hydrogen-bond donors (Lipinski definition) is 0. The molecule has 1 fully saturated rings. The van der Waals surface area contributed by atoms with E-state index in [1.165, 1.54) is 4.90 Å². The fraction of sp³-hybridized carbons (Fsp3) is 0.500. The normalized spacial score (nSPS) is 15.8. The minimum atomic E-state index is -3.04. The Kier molecular flexibility index (Phi) is 4.32. The fourth-order valence-electron chi connectivity index (χ4n) is 2.05. The van der Waals surface area contributed by atoms with Gasteiger partial charge < -0.3 is 9.64 Å². The summed E-state index contributed by atoms with van der Waals surface area (Å²) < 4.78 is 28.7. The number of carbonyl (C=O) groups is 1. The van der Waals surface area contributed by atoms with E-state index in [9.17, 15) is 13.2 Å². The van der Waals surface area contributed by atoms with Gasteiger partial charge in [-0.25, -0.2) is 8.42 Å². The lowest BCUT2D eigenvalue weighted by atomic mass is 10.2. The lowest BCUT2D eigenvalue weighted by Crippen LogP contribution is -2.58. The summed E-state index contributed by atoms with van der Waals surface area (Å²) in [7, 11) is -3.04. The van der Waals surface area contributed by atoms with E-state index in [-0.39, 0.29) is 31.4 Å². The zero-order valence-corrected chi connectivity index (χ0v) is 12.5. The van der Waals surface area contributed by atoms with E-state index in [1.54, 1.807) is 6.92 Å². The van der Waals surface area contributed by atoms with Crippen LogP contribution in [0.4, 0.5) is 0 Å². The van der Waals surface area contributed by atoms with Crippen LogP contribution in [0.5, 0.6) is 5.75 Å². The van der Waals surface area contributed by atoms with E-state index in [4.69, 9.17) is 4.74 Å². The van der Waals surface area contributed by atoms with Crippen molar-refractivity contribution in [2.24, 2.45) is 0 Å². The smallest absolute Gasteiger partial charge is 0.260 e. The van der Waals surface area contributed by atoms with Crippen LogP contribution in [0.15, 0.2) is 24.3 Å². The summed E-state index contributed by atoms with van der Waals surface area (Å²) in [5.41, 5.74) is 0.968. The number of ether oxygens (including phenoxy) is 1. The molecule has 0 unspecified atom stereocenters. The molecule has 5 nitrogen and oxygen atoms in total. The van der Waals surface area contributed by atoms with Crippen molar-refractivity contribution in [1.82, 2.24) is 4.90 Å². The van der Waals surface area contributed by atoms with Crippen LogP contribution in [0.2, 0.25) is 0 Å². The van der Waals surface area contributed by atoms with Crippen LogP contribution in [0, 0.1) is 6.92 Å². The van der Waals surface area contributed by atoms with Crippen LogP contribution in [0.25, 0.3) is 0 Å². The molecule has 0 bridgehead atoms. The molecule has 0 N–H and O–H groups in total. The van der Waals surface area contributed by atoms with E-state index >= 15 is 0 Å². The number of benzene rings is 1. The molecule has 1 aromatic rings. The zero-order chi connectivity index (χ0) is 14.8. The van der Waals surface area contributed by atoms with E-state index in [0.717, 1.165) is 5.56 Å². The maximum Gasteiger partial charge on any atom is 0.260 e. The Labute approximate surface area is 119 Å². The van der Waals surface area contributed by atoms with Crippen LogP contribution < -0.4 is 4.74 Å². The minimum absolute atomic E-state index is 0.0518. The maximum atomic E-state index is 11.9. The Bertz CT molecular complexity index is 591. The number of aryl methyl sites for hydroxylation is 1. The van der Waals surface area contributed by atoms with Crippen molar-refractivity contribution in [3.63, 3.8) is 0 Å². The van der Waals surface area contributed by atoms with E-state index in [2.05, 4.69) is 0 Å². The molecule has 0 radical (unpaired) electrons. The summed E-state index contributed by atoms with van der Waals surface area (Å²) >= 11 is 0. The molecular formula is C14H19NO4S. The molecule has 1 aliphatic heterocycles. The molecule has 1 aromatic carbocycles. The summed E-state index contributed by atoms with van der Waals surface area (Å²) in [6, 6.07) is 7.47. The Morgan fingerprint density at radius 1 is 1.35 bits per heavy atom.